The molecule has 0 amide bonds. The molecule has 0 rings (SSSR count). The van der Waals surface area contributed by atoms with Crippen molar-refractivity contribution in [3.63, 3.8) is 0 Å². The van der Waals surface area contributed by atoms with Gasteiger partial charge in [0, 0.05) is 0 Å². The second-order valence-corrected chi connectivity index (χ2v) is 1.35. The number of allylic oxidation sites excluding steroid dienone is 2. The summed E-state index contributed by atoms with van der Waals surface area (Å²) < 4.78 is 0. The molecule has 40 valence electrons. The molecule has 0 aliphatic carbocycles. The lowest BCUT2D eigenvalue weighted by Gasteiger charge is -1.78. The Hall–Kier alpha value is -0.590. The van der Waals surface area contributed by atoms with Gasteiger partial charge in [-0.25, -0.2) is 0 Å². The van der Waals surface area contributed by atoms with Gasteiger partial charge in [0.25, 0.3) is 0 Å². The van der Waals surface area contributed by atoms with Crippen LogP contribution in [0.25, 0.3) is 0 Å². The van der Waals surface area contributed by atoms with Crippen molar-refractivity contribution < 1.29 is 0 Å². The van der Waals surface area contributed by atoms with Crippen molar-refractivity contribution >= 4 is 6.21 Å². The SMILES string of the molecule is CC=CCCC=N. The van der Waals surface area contributed by atoms with Crippen LogP contribution >= 0.6 is 0 Å². The van der Waals surface area contributed by atoms with Gasteiger partial charge >= 0.3 is 0 Å². The summed E-state index contributed by atoms with van der Waals surface area (Å²) in [4.78, 5) is 0. The molecule has 0 fully saturated rings. The molecule has 0 aromatic carbocycles. The van der Waals surface area contributed by atoms with Crippen LogP contribution in [0.15, 0.2) is 12.2 Å². The molecule has 0 unspecified atom stereocenters. The second kappa shape index (κ2) is 5.41. The number of unbranched alkanes of at least 4 members (excludes halogenated alkanes) is 1. The average Bonchev–Trinajstić information content (AvgIpc) is 1.69. The zero-order valence-corrected chi connectivity index (χ0v) is 4.65. The third-order valence-electron chi connectivity index (χ3n) is 0.713. The van der Waals surface area contributed by atoms with Crippen LogP contribution in [0.3, 0.4) is 0 Å². The first kappa shape index (κ1) is 6.41. The first-order chi connectivity index (χ1) is 3.41. The molecule has 7 heavy (non-hydrogen) atoms. The summed E-state index contributed by atoms with van der Waals surface area (Å²) in [5, 5.41) is 6.62. The summed E-state index contributed by atoms with van der Waals surface area (Å²) in [6, 6.07) is 0. The van der Waals surface area contributed by atoms with Crippen molar-refractivity contribution in [2.45, 2.75) is 19.8 Å². The third-order valence-corrected chi connectivity index (χ3v) is 0.713. The minimum absolute atomic E-state index is 0.879. The summed E-state index contributed by atoms with van der Waals surface area (Å²) >= 11 is 0. The molecule has 0 bridgehead atoms. The highest BCUT2D eigenvalue weighted by Crippen LogP contribution is 1.84. The van der Waals surface area contributed by atoms with Crippen molar-refractivity contribution in [1.82, 2.24) is 0 Å². The van der Waals surface area contributed by atoms with Crippen LogP contribution in [0.2, 0.25) is 0 Å². The van der Waals surface area contributed by atoms with Gasteiger partial charge in [-0.2, -0.15) is 0 Å². The van der Waals surface area contributed by atoms with E-state index in [-0.39, 0.29) is 0 Å². The summed E-state index contributed by atoms with van der Waals surface area (Å²) in [7, 11) is 0. The maximum atomic E-state index is 6.62. The van der Waals surface area contributed by atoms with E-state index >= 15 is 0 Å². The lowest BCUT2D eigenvalue weighted by molar-refractivity contribution is 1.10. The van der Waals surface area contributed by atoms with Crippen LogP contribution in [0, 0.1) is 5.41 Å². The highest BCUT2D eigenvalue weighted by Gasteiger charge is 1.69. The summed E-state index contributed by atoms with van der Waals surface area (Å²) in [5.41, 5.74) is 0. The quantitative estimate of drug-likeness (QED) is 0.316. The van der Waals surface area contributed by atoms with Crippen molar-refractivity contribution in [2.75, 3.05) is 0 Å². The molecular formula is C6H11N. The lowest BCUT2D eigenvalue weighted by atomic mass is 10.3. The minimum atomic E-state index is 0.879. The van der Waals surface area contributed by atoms with E-state index in [4.69, 9.17) is 5.41 Å². The van der Waals surface area contributed by atoms with Crippen molar-refractivity contribution in [1.29, 1.82) is 5.41 Å². The van der Waals surface area contributed by atoms with Crippen LogP contribution in [-0.2, 0) is 0 Å². The van der Waals surface area contributed by atoms with E-state index in [2.05, 4.69) is 6.08 Å². The fourth-order valence-electron chi connectivity index (χ4n) is 0.346. The zero-order chi connectivity index (χ0) is 5.54. The molecule has 1 nitrogen and oxygen atoms in total. The van der Waals surface area contributed by atoms with Gasteiger partial charge in [-0.05, 0) is 26.0 Å². The van der Waals surface area contributed by atoms with Gasteiger partial charge in [0.15, 0.2) is 0 Å². The third kappa shape index (κ3) is 5.41. The number of nitrogens with one attached hydrogen (secondary N) is 1. The van der Waals surface area contributed by atoms with E-state index in [0.29, 0.717) is 0 Å². The highest BCUT2D eigenvalue weighted by atomic mass is 14.3. The Labute approximate surface area is 44.6 Å². The van der Waals surface area contributed by atoms with E-state index in [0.717, 1.165) is 12.8 Å². The predicted octanol–water partition coefficient (Wildman–Crippen LogP) is 1.99. The van der Waals surface area contributed by atoms with E-state index in [1.54, 1.807) is 0 Å². The van der Waals surface area contributed by atoms with Crippen LogP contribution in [0.4, 0.5) is 0 Å². The van der Waals surface area contributed by atoms with Crippen LogP contribution in [-0.4, -0.2) is 6.21 Å². The molecule has 1 N–H and O–H groups in total. The monoisotopic (exact) mass is 97.1 g/mol. The van der Waals surface area contributed by atoms with Gasteiger partial charge in [-0.3, -0.25) is 0 Å². The smallest absolute Gasteiger partial charge is 0.00447 e. The number of rotatable bonds is 3. The second-order valence-electron chi connectivity index (χ2n) is 1.35. The molecule has 0 aliphatic heterocycles. The Morgan fingerprint density at radius 3 is 2.57 bits per heavy atom. The van der Waals surface area contributed by atoms with Crippen LogP contribution in [0.5, 0.6) is 0 Å². The summed E-state index contributed by atoms with van der Waals surface area (Å²) in [6.45, 7) is 1.99. The normalized spacial score (nSPS) is 9.86. The Morgan fingerprint density at radius 1 is 1.43 bits per heavy atom. The molecule has 0 heterocycles. The summed E-state index contributed by atoms with van der Waals surface area (Å²) in [6.07, 6.45) is 7.39. The molecule has 0 aromatic rings. The standard InChI is InChI=1S/C6H11N/c1-2-3-4-5-6-7/h2-3,6-7H,4-5H2,1H3. The van der Waals surface area contributed by atoms with Gasteiger partial charge in [0.05, 0.1) is 0 Å². The van der Waals surface area contributed by atoms with E-state index in [1.165, 1.54) is 6.21 Å². The first-order valence-electron chi connectivity index (χ1n) is 2.52. The predicted molar refractivity (Wildman–Crippen MR) is 32.8 cm³/mol. The fourth-order valence-corrected chi connectivity index (χ4v) is 0.346. The van der Waals surface area contributed by atoms with Crippen molar-refractivity contribution in [3.05, 3.63) is 12.2 Å². The van der Waals surface area contributed by atoms with E-state index in [1.807, 2.05) is 13.0 Å². The van der Waals surface area contributed by atoms with Crippen LogP contribution < -0.4 is 0 Å². The first-order valence-corrected chi connectivity index (χ1v) is 2.52. The largest absolute Gasteiger partial charge is 0.313 e. The molecule has 0 atom stereocenters. The topological polar surface area (TPSA) is 23.9 Å². The van der Waals surface area contributed by atoms with Gasteiger partial charge in [0.2, 0.25) is 0 Å². The number of hydrogen-bond donors (Lipinski definition) is 1. The van der Waals surface area contributed by atoms with Crippen LogP contribution in [0.1, 0.15) is 19.8 Å². The summed E-state index contributed by atoms with van der Waals surface area (Å²) in [5.74, 6) is 0. The zero-order valence-electron chi connectivity index (χ0n) is 4.65. The highest BCUT2D eigenvalue weighted by molar-refractivity contribution is 5.52. The molecular weight excluding hydrogens is 86.1 g/mol. The van der Waals surface area contributed by atoms with Crippen molar-refractivity contribution in [2.24, 2.45) is 0 Å². The molecule has 0 spiro atoms. The number of hydrogen-bond acceptors (Lipinski definition) is 1. The minimum Gasteiger partial charge on any atom is -0.313 e. The lowest BCUT2D eigenvalue weighted by Crippen LogP contribution is -1.66. The Kier molecular flexibility index (Phi) is 4.95. The van der Waals surface area contributed by atoms with E-state index in [9.17, 15) is 0 Å². The average molecular weight is 97.2 g/mol. The van der Waals surface area contributed by atoms with E-state index < -0.39 is 0 Å². The Balaban J connectivity index is 2.82. The van der Waals surface area contributed by atoms with Crippen molar-refractivity contribution in [3.8, 4) is 0 Å². The maximum Gasteiger partial charge on any atom is -0.00447 e. The molecule has 0 saturated carbocycles. The van der Waals surface area contributed by atoms with Gasteiger partial charge < -0.3 is 5.41 Å². The Bertz CT molecular complexity index is 64.6. The maximum absolute atomic E-state index is 6.62. The van der Waals surface area contributed by atoms with Gasteiger partial charge in [-0.15, -0.1) is 0 Å². The molecule has 0 saturated heterocycles. The van der Waals surface area contributed by atoms with Gasteiger partial charge in [-0.1, -0.05) is 12.2 Å². The molecule has 0 radical (unpaired) electrons. The molecule has 0 aliphatic rings. The molecule has 1 heteroatoms. The fraction of sp³-hybridized carbons (Fsp3) is 0.500. The molecule has 0 aromatic heterocycles. The van der Waals surface area contributed by atoms with Gasteiger partial charge in [0.1, 0.15) is 0 Å². The Morgan fingerprint density at radius 2 is 2.14 bits per heavy atom.